The van der Waals surface area contributed by atoms with Gasteiger partial charge in [0, 0.05) is 32.4 Å². The standard InChI is InChI=1S/C18H29N5O2/c1-3-21(4-2)18(25)16-8-6-11-22(16)17(24)15-9-12-23(20-15)14-7-5-10-19-13-14/h9,12,14,16,19H,3-8,10-11,13H2,1-2H3. The first-order valence-corrected chi connectivity index (χ1v) is 9.51. The highest BCUT2D eigenvalue weighted by Gasteiger charge is 2.37. The molecule has 2 aliphatic rings. The number of carbonyl (C=O) groups excluding carboxylic acids is 2. The van der Waals surface area contributed by atoms with Gasteiger partial charge < -0.3 is 15.1 Å². The molecular formula is C18H29N5O2. The second-order valence-electron chi connectivity index (χ2n) is 6.85. The zero-order chi connectivity index (χ0) is 17.8. The van der Waals surface area contributed by atoms with Crippen LogP contribution in [-0.4, -0.2) is 70.2 Å². The molecule has 0 aromatic carbocycles. The molecule has 2 fully saturated rings. The van der Waals surface area contributed by atoms with Crippen molar-refractivity contribution in [1.29, 1.82) is 0 Å². The van der Waals surface area contributed by atoms with Gasteiger partial charge in [0.1, 0.15) is 11.7 Å². The minimum absolute atomic E-state index is 0.0618. The van der Waals surface area contributed by atoms with E-state index in [1.54, 1.807) is 11.0 Å². The highest BCUT2D eigenvalue weighted by atomic mass is 16.2. The van der Waals surface area contributed by atoms with Crippen molar-refractivity contribution >= 4 is 11.8 Å². The lowest BCUT2D eigenvalue weighted by atomic mass is 10.1. The number of piperidine rings is 1. The third-order valence-corrected chi connectivity index (χ3v) is 5.35. The summed E-state index contributed by atoms with van der Waals surface area (Å²) in [4.78, 5) is 29.1. The quantitative estimate of drug-likeness (QED) is 0.871. The Morgan fingerprint density at radius 3 is 2.76 bits per heavy atom. The zero-order valence-corrected chi connectivity index (χ0v) is 15.3. The van der Waals surface area contributed by atoms with Gasteiger partial charge in [-0.3, -0.25) is 14.3 Å². The number of nitrogens with zero attached hydrogens (tertiary/aromatic N) is 4. The van der Waals surface area contributed by atoms with Gasteiger partial charge in [-0.25, -0.2) is 0 Å². The predicted octanol–water partition coefficient (Wildman–Crippen LogP) is 1.28. The van der Waals surface area contributed by atoms with Crippen molar-refractivity contribution in [3.8, 4) is 0 Å². The van der Waals surface area contributed by atoms with Crippen LogP contribution in [-0.2, 0) is 4.79 Å². The van der Waals surface area contributed by atoms with Gasteiger partial charge in [0.2, 0.25) is 5.91 Å². The van der Waals surface area contributed by atoms with E-state index >= 15 is 0 Å². The normalized spacial score (nSPS) is 23.7. The van der Waals surface area contributed by atoms with E-state index in [0.29, 0.717) is 31.4 Å². The van der Waals surface area contributed by atoms with E-state index in [9.17, 15) is 9.59 Å². The van der Waals surface area contributed by atoms with Gasteiger partial charge in [-0.1, -0.05) is 0 Å². The lowest BCUT2D eigenvalue weighted by Gasteiger charge is -2.28. The average Bonchev–Trinajstić information content (AvgIpc) is 3.32. The maximum atomic E-state index is 12.9. The number of likely N-dealkylation sites (tertiary alicyclic amines) is 1. The first-order chi connectivity index (χ1) is 12.2. The molecule has 2 saturated heterocycles. The van der Waals surface area contributed by atoms with E-state index in [1.165, 1.54) is 0 Å². The first kappa shape index (κ1) is 17.9. The van der Waals surface area contributed by atoms with Gasteiger partial charge in [0.15, 0.2) is 0 Å². The molecule has 7 heteroatoms. The largest absolute Gasteiger partial charge is 0.341 e. The van der Waals surface area contributed by atoms with Crippen LogP contribution in [0.5, 0.6) is 0 Å². The summed E-state index contributed by atoms with van der Waals surface area (Å²) >= 11 is 0. The Hall–Kier alpha value is -1.89. The lowest BCUT2D eigenvalue weighted by Crippen LogP contribution is -2.47. The van der Waals surface area contributed by atoms with Crippen molar-refractivity contribution in [3.05, 3.63) is 18.0 Å². The van der Waals surface area contributed by atoms with E-state index in [-0.39, 0.29) is 17.9 Å². The lowest BCUT2D eigenvalue weighted by molar-refractivity contribution is -0.134. The Labute approximate surface area is 149 Å². The van der Waals surface area contributed by atoms with Gasteiger partial charge in [-0.15, -0.1) is 0 Å². The van der Waals surface area contributed by atoms with Crippen molar-refractivity contribution in [1.82, 2.24) is 24.9 Å². The molecule has 138 valence electrons. The molecule has 0 spiro atoms. The van der Waals surface area contributed by atoms with Crippen LogP contribution in [0.15, 0.2) is 12.3 Å². The second-order valence-corrected chi connectivity index (χ2v) is 6.85. The summed E-state index contributed by atoms with van der Waals surface area (Å²) < 4.78 is 1.90. The summed E-state index contributed by atoms with van der Waals surface area (Å²) in [5, 5.41) is 7.89. The number of hydrogen-bond donors (Lipinski definition) is 1. The van der Waals surface area contributed by atoms with E-state index in [0.717, 1.165) is 38.8 Å². The molecule has 2 atom stereocenters. The van der Waals surface area contributed by atoms with E-state index < -0.39 is 0 Å². The van der Waals surface area contributed by atoms with Crippen molar-refractivity contribution in [2.45, 2.75) is 51.6 Å². The van der Waals surface area contributed by atoms with Gasteiger partial charge in [-0.05, 0) is 52.1 Å². The van der Waals surface area contributed by atoms with Crippen LogP contribution < -0.4 is 5.32 Å². The number of carbonyl (C=O) groups is 2. The second kappa shape index (κ2) is 7.99. The SMILES string of the molecule is CCN(CC)C(=O)C1CCCN1C(=O)c1ccn(C2CCCNC2)n1. The van der Waals surface area contributed by atoms with Gasteiger partial charge in [0.05, 0.1) is 6.04 Å². The summed E-state index contributed by atoms with van der Waals surface area (Å²) in [6.07, 6.45) is 5.71. The highest BCUT2D eigenvalue weighted by molar-refractivity contribution is 5.96. The van der Waals surface area contributed by atoms with E-state index in [4.69, 9.17) is 0 Å². The monoisotopic (exact) mass is 347 g/mol. The molecule has 0 radical (unpaired) electrons. The first-order valence-electron chi connectivity index (χ1n) is 9.51. The molecular weight excluding hydrogens is 318 g/mol. The number of amides is 2. The summed E-state index contributed by atoms with van der Waals surface area (Å²) in [5.41, 5.74) is 0.449. The molecule has 25 heavy (non-hydrogen) atoms. The highest BCUT2D eigenvalue weighted by Crippen LogP contribution is 2.22. The van der Waals surface area contributed by atoms with Crippen LogP contribution in [0.25, 0.3) is 0 Å². The maximum absolute atomic E-state index is 12.9. The fraction of sp³-hybridized carbons (Fsp3) is 0.722. The number of aromatic nitrogens is 2. The van der Waals surface area contributed by atoms with Crippen LogP contribution in [0.1, 0.15) is 56.1 Å². The van der Waals surface area contributed by atoms with E-state index in [2.05, 4.69) is 10.4 Å². The molecule has 2 unspecified atom stereocenters. The van der Waals surface area contributed by atoms with E-state index in [1.807, 2.05) is 29.6 Å². The third-order valence-electron chi connectivity index (χ3n) is 5.35. The van der Waals surface area contributed by atoms with Crippen molar-refractivity contribution in [2.75, 3.05) is 32.7 Å². The zero-order valence-electron chi connectivity index (χ0n) is 15.3. The summed E-state index contributed by atoms with van der Waals surface area (Å²) in [6.45, 7) is 7.88. The van der Waals surface area contributed by atoms with Crippen molar-refractivity contribution in [3.63, 3.8) is 0 Å². The fourth-order valence-corrected chi connectivity index (χ4v) is 3.87. The minimum atomic E-state index is -0.339. The summed E-state index contributed by atoms with van der Waals surface area (Å²) in [6, 6.07) is 1.75. The van der Waals surface area contributed by atoms with Crippen LogP contribution in [0.2, 0.25) is 0 Å². The summed E-state index contributed by atoms with van der Waals surface area (Å²) in [7, 11) is 0. The number of rotatable bonds is 5. The summed E-state index contributed by atoms with van der Waals surface area (Å²) in [5.74, 6) is -0.0581. The fourth-order valence-electron chi connectivity index (χ4n) is 3.87. The van der Waals surface area contributed by atoms with Crippen LogP contribution in [0, 0.1) is 0 Å². The number of hydrogen-bond acceptors (Lipinski definition) is 4. The maximum Gasteiger partial charge on any atom is 0.275 e. The van der Waals surface area contributed by atoms with Crippen LogP contribution >= 0.6 is 0 Å². The molecule has 1 N–H and O–H groups in total. The predicted molar refractivity (Wildman–Crippen MR) is 95.4 cm³/mol. The van der Waals surface area contributed by atoms with Gasteiger partial charge in [0.25, 0.3) is 5.91 Å². The topological polar surface area (TPSA) is 70.5 Å². The smallest absolute Gasteiger partial charge is 0.275 e. The molecule has 1 aromatic rings. The van der Waals surface area contributed by atoms with Crippen molar-refractivity contribution in [2.24, 2.45) is 0 Å². The Morgan fingerprint density at radius 2 is 2.08 bits per heavy atom. The molecule has 0 bridgehead atoms. The van der Waals surface area contributed by atoms with Gasteiger partial charge in [-0.2, -0.15) is 5.10 Å². The number of nitrogens with one attached hydrogen (secondary N) is 1. The Kier molecular flexibility index (Phi) is 5.73. The van der Waals surface area contributed by atoms with Crippen molar-refractivity contribution < 1.29 is 9.59 Å². The van der Waals surface area contributed by atoms with Gasteiger partial charge >= 0.3 is 0 Å². The Balaban J connectivity index is 1.71. The van der Waals surface area contributed by atoms with Crippen LogP contribution in [0.4, 0.5) is 0 Å². The number of likely N-dealkylation sites (N-methyl/N-ethyl adjacent to an activating group) is 1. The van der Waals surface area contributed by atoms with Crippen LogP contribution in [0.3, 0.4) is 0 Å². The molecule has 0 saturated carbocycles. The molecule has 3 rings (SSSR count). The Bertz CT molecular complexity index is 604. The molecule has 3 heterocycles. The third kappa shape index (κ3) is 3.71. The molecule has 2 aliphatic heterocycles. The molecule has 7 nitrogen and oxygen atoms in total. The minimum Gasteiger partial charge on any atom is -0.341 e. The molecule has 0 aliphatic carbocycles. The Morgan fingerprint density at radius 1 is 1.28 bits per heavy atom. The average molecular weight is 347 g/mol. The molecule has 1 aromatic heterocycles. The molecule has 2 amide bonds.